The molecule has 3 aromatic rings. The van der Waals surface area contributed by atoms with Crippen molar-refractivity contribution in [2.45, 2.75) is 20.8 Å². The SMILES string of the molecule is CC(C)(C)C(=O)c1nc2cc(-c3cccc(C(=O)O)c3)ccc2[nH]1. The second kappa shape index (κ2) is 5.60. The number of fused-ring (bicyclic) bond motifs is 1. The van der Waals surface area contributed by atoms with Gasteiger partial charge in [0.15, 0.2) is 5.82 Å². The molecule has 0 radical (unpaired) electrons. The average molecular weight is 322 g/mol. The van der Waals surface area contributed by atoms with Crippen LogP contribution in [0, 0.1) is 5.41 Å². The van der Waals surface area contributed by atoms with Crippen molar-refractivity contribution < 1.29 is 14.7 Å². The number of ketones is 1. The number of hydrogen-bond acceptors (Lipinski definition) is 3. The smallest absolute Gasteiger partial charge is 0.335 e. The van der Waals surface area contributed by atoms with Gasteiger partial charge in [-0.25, -0.2) is 9.78 Å². The van der Waals surface area contributed by atoms with Crippen molar-refractivity contribution in [1.29, 1.82) is 0 Å². The van der Waals surface area contributed by atoms with Crippen LogP contribution in [-0.2, 0) is 0 Å². The Bertz CT molecular complexity index is 949. The number of aromatic nitrogens is 2. The Labute approximate surface area is 139 Å². The van der Waals surface area contributed by atoms with Crippen LogP contribution in [0.1, 0.15) is 41.7 Å². The molecule has 0 spiro atoms. The zero-order valence-electron chi connectivity index (χ0n) is 13.8. The molecule has 0 fully saturated rings. The largest absolute Gasteiger partial charge is 0.478 e. The van der Waals surface area contributed by atoms with Gasteiger partial charge < -0.3 is 10.1 Å². The topological polar surface area (TPSA) is 83.1 Å². The van der Waals surface area contributed by atoms with E-state index in [-0.39, 0.29) is 11.3 Å². The van der Waals surface area contributed by atoms with E-state index in [1.54, 1.807) is 18.2 Å². The summed E-state index contributed by atoms with van der Waals surface area (Å²) >= 11 is 0. The van der Waals surface area contributed by atoms with Crippen LogP contribution in [0.3, 0.4) is 0 Å². The van der Waals surface area contributed by atoms with Gasteiger partial charge in [0.2, 0.25) is 5.78 Å². The lowest BCUT2D eigenvalue weighted by molar-refractivity contribution is 0.0696. The molecule has 0 saturated carbocycles. The Morgan fingerprint density at radius 2 is 1.75 bits per heavy atom. The molecule has 0 aliphatic carbocycles. The summed E-state index contributed by atoms with van der Waals surface area (Å²) in [5.41, 5.74) is 2.84. The first-order chi connectivity index (χ1) is 11.3. The number of nitrogens with zero attached hydrogens (tertiary/aromatic N) is 1. The van der Waals surface area contributed by atoms with Crippen molar-refractivity contribution in [1.82, 2.24) is 9.97 Å². The molecule has 2 aromatic carbocycles. The summed E-state index contributed by atoms with van der Waals surface area (Å²) in [5.74, 6) is -0.669. The first-order valence-electron chi connectivity index (χ1n) is 7.64. The third-order valence-corrected chi connectivity index (χ3v) is 3.82. The lowest BCUT2D eigenvalue weighted by Crippen LogP contribution is -2.21. The Balaban J connectivity index is 2.05. The van der Waals surface area contributed by atoms with E-state index in [9.17, 15) is 9.59 Å². The molecule has 5 heteroatoms. The highest BCUT2D eigenvalue weighted by Gasteiger charge is 2.25. The number of carboxylic acid groups (broad SMARTS) is 1. The quantitative estimate of drug-likeness (QED) is 0.709. The minimum absolute atomic E-state index is 0.0480. The number of carboxylic acids is 1. The van der Waals surface area contributed by atoms with E-state index in [2.05, 4.69) is 9.97 Å². The zero-order valence-corrected chi connectivity index (χ0v) is 13.8. The van der Waals surface area contributed by atoms with Gasteiger partial charge in [-0.1, -0.05) is 39.0 Å². The lowest BCUT2D eigenvalue weighted by Gasteiger charge is -2.13. The number of carbonyl (C=O) groups excluding carboxylic acids is 1. The highest BCUT2D eigenvalue weighted by atomic mass is 16.4. The molecule has 24 heavy (non-hydrogen) atoms. The molecule has 122 valence electrons. The van der Waals surface area contributed by atoms with Crippen LogP contribution in [0.25, 0.3) is 22.2 Å². The Morgan fingerprint density at radius 1 is 1.04 bits per heavy atom. The first kappa shape index (κ1) is 15.9. The molecule has 0 atom stereocenters. The fraction of sp³-hybridized carbons (Fsp3) is 0.211. The number of aromatic amines is 1. The maximum absolute atomic E-state index is 12.4. The molecule has 0 bridgehead atoms. The molecule has 3 rings (SSSR count). The molecule has 0 saturated heterocycles. The minimum atomic E-state index is -0.962. The third kappa shape index (κ3) is 2.93. The van der Waals surface area contributed by atoms with Gasteiger partial charge in [0, 0.05) is 5.41 Å². The van der Waals surface area contributed by atoms with Crippen LogP contribution < -0.4 is 0 Å². The van der Waals surface area contributed by atoms with Crippen molar-refractivity contribution >= 4 is 22.8 Å². The second-order valence-electron chi connectivity index (χ2n) is 6.78. The van der Waals surface area contributed by atoms with Gasteiger partial charge in [-0.05, 0) is 35.4 Å². The van der Waals surface area contributed by atoms with Crippen LogP contribution in [0.4, 0.5) is 0 Å². The Morgan fingerprint density at radius 3 is 2.42 bits per heavy atom. The lowest BCUT2D eigenvalue weighted by atomic mass is 9.90. The molecular formula is C19H18N2O3. The van der Waals surface area contributed by atoms with Crippen LogP contribution in [0.15, 0.2) is 42.5 Å². The minimum Gasteiger partial charge on any atom is -0.478 e. The highest BCUT2D eigenvalue weighted by Crippen LogP contribution is 2.26. The van der Waals surface area contributed by atoms with Gasteiger partial charge in [0.1, 0.15) is 0 Å². The summed E-state index contributed by atoms with van der Waals surface area (Å²) in [4.78, 5) is 30.9. The van der Waals surface area contributed by atoms with Crippen LogP contribution in [0.2, 0.25) is 0 Å². The maximum Gasteiger partial charge on any atom is 0.335 e. The van der Waals surface area contributed by atoms with E-state index >= 15 is 0 Å². The summed E-state index contributed by atoms with van der Waals surface area (Å²) < 4.78 is 0. The number of H-pyrrole nitrogens is 1. The first-order valence-corrected chi connectivity index (χ1v) is 7.64. The van der Waals surface area contributed by atoms with Crippen LogP contribution >= 0.6 is 0 Å². The van der Waals surface area contributed by atoms with E-state index in [0.29, 0.717) is 11.3 Å². The molecule has 0 unspecified atom stereocenters. The number of Topliss-reactive ketones (excluding diaryl/α,β-unsaturated/α-hetero) is 1. The molecular weight excluding hydrogens is 304 g/mol. The van der Waals surface area contributed by atoms with Crippen molar-refractivity contribution in [2.24, 2.45) is 5.41 Å². The van der Waals surface area contributed by atoms with Crippen molar-refractivity contribution in [2.75, 3.05) is 0 Å². The van der Waals surface area contributed by atoms with E-state index in [0.717, 1.165) is 16.6 Å². The van der Waals surface area contributed by atoms with Gasteiger partial charge in [0.25, 0.3) is 0 Å². The Hall–Kier alpha value is -2.95. The molecule has 0 amide bonds. The predicted molar refractivity (Wildman–Crippen MR) is 92.3 cm³/mol. The molecule has 0 aliphatic heterocycles. The number of benzene rings is 2. The van der Waals surface area contributed by atoms with E-state index in [1.165, 1.54) is 0 Å². The number of imidazole rings is 1. The summed E-state index contributed by atoms with van der Waals surface area (Å²) in [6.45, 7) is 5.56. The number of rotatable bonds is 3. The fourth-order valence-electron chi connectivity index (χ4n) is 2.48. The molecule has 1 heterocycles. The zero-order chi connectivity index (χ0) is 17.5. The number of nitrogens with one attached hydrogen (secondary N) is 1. The summed E-state index contributed by atoms with van der Waals surface area (Å²) in [7, 11) is 0. The monoisotopic (exact) mass is 322 g/mol. The standard InChI is InChI=1S/C19H18N2O3/c1-19(2,3)16(22)17-20-14-8-7-12(10-15(14)21-17)11-5-4-6-13(9-11)18(23)24/h4-10H,1-3H3,(H,20,21)(H,23,24). The Kier molecular flexibility index (Phi) is 3.72. The van der Waals surface area contributed by atoms with Gasteiger partial charge >= 0.3 is 5.97 Å². The van der Waals surface area contributed by atoms with E-state index < -0.39 is 11.4 Å². The number of aromatic carboxylic acids is 1. The maximum atomic E-state index is 12.4. The molecule has 2 N–H and O–H groups in total. The van der Waals surface area contributed by atoms with Crippen LogP contribution in [0.5, 0.6) is 0 Å². The van der Waals surface area contributed by atoms with Gasteiger partial charge in [0.05, 0.1) is 16.6 Å². The normalized spacial score (nSPS) is 11.6. The molecule has 5 nitrogen and oxygen atoms in total. The van der Waals surface area contributed by atoms with E-state index in [1.807, 2.05) is 45.0 Å². The van der Waals surface area contributed by atoms with Crippen LogP contribution in [-0.4, -0.2) is 26.8 Å². The van der Waals surface area contributed by atoms with Gasteiger partial charge in [-0.3, -0.25) is 4.79 Å². The number of hydrogen-bond donors (Lipinski definition) is 2. The second-order valence-corrected chi connectivity index (χ2v) is 6.78. The summed E-state index contributed by atoms with van der Waals surface area (Å²) in [6.07, 6.45) is 0. The van der Waals surface area contributed by atoms with E-state index in [4.69, 9.17) is 5.11 Å². The van der Waals surface area contributed by atoms with Crippen molar-refractivity contribution in [3.8, 4) is 11.1 Å². The highest BCUT2D eigenvalue weighted by molar-refractivity contribution is 5.99. The predicted octanol–water partition coefficient (Wildman–Crippen LogP) is 4.16. The van der Waals surface area contributed by atoms with Gasteiger partial charge in [-0.2, -0.15) is 0 Å². The summed E-state index contributed by atoms with van der Waals surface area (Å²) in [6, 6.07) is 12.3. The van der Waals surface area contributed by atoms with Gasteiger partial charge in [-0.15, -0.1) is 0 Å². The summed E-state index contributed by atoms with van der Waals surface area (Å²) in [5, 5.41) is 9.11. The third-order valence-electron chi connectivity index (χ3n) is 3.82. The average Bonchev–Trinajstić information content (AvgIpc) is 2.96. The van der Waals surface area contributed by atoms with Crippen molar-refractivity contribution in [3.05, 3.63) is 53.9 Å². The number of carbonyl (C=O) groups is 2. The molecule has 0 aliphatic rings. The molecule has 1 aromatic heterocycles. The fourth-order valence-corrected chi connectivity index (χ4v) is 2.48. The van der Waals surface area contributed by atoms with Crippen molar-refractivity contribution in [3.63, 3.8) is 0 Å².